The van der Waals surface area contributed by atoms with Crippen molar-refractivity contribution in [3.8, 4) is 17.6 Å². The molecule has 3 aromatic rings. The van der Waals surface area contributed by atoms with Crippen molar-refractivity contribution in [3.05, 3.63) is 94.0 Å². The third kappa shape index (κ3) is 5.00. The lowest BCUT2D eigenvalue weighted by molar-refractivity contribution is -0.130. The second-order valence-electron chi connectivity index (χ2n) is 12.2. The third-order valence-electron chi connectivity index (χ3n) is 8.67. The number of hydrogen-bond donors (Lipinski definition) is 2. The highest BCUT2D eigenvalue weighted by atomic mass is 16.6. The van der Waals surface area contributed by atoms with Crippen LogP contribution in [0.5, 0.6) is 5.75 Å². The van der Waals surface area contributed by atoms with Gasteiger partial charge in [-0.05, 0) is 73.9 Å². The third-order valence-corrected chi connectivity index (χ3v) is 8.67. The minimum Gasteiger partial charge on any atom is -0.493 e. The summed E-state index contributed by atoms with van der Waals surface area (Å²) in [5.41, 5.74) is 2.43. The van der Waals surface area contributed by atoms with Crippen molar-refractivity contribution in [1.82, 2.24) is 0 Å². The highest BCUT2D eigenvalue weighted by Gasteiger charge is 2.48. The van der Waals surface area contributed by atoms with Gasteiger partial charge in [0.05, 0.1) is 12.2 Å². The van der Waals surface area contributed by atoms with Crippen LogP contribution in [-0.4, -0.2) is 29.2 Å². The Hall–Kier alpha value is -4.08. The molecule has 6 rings (SSSR count). The number of amides is 1. The van der Waals surface area contributed by atoms with Gasteiger partial charge in [0.1, 0.15) is 11.4 Å². The van der Waals surface area contributed by atoms with Gasteiger partial charge in [-0.2, -0.15) is 0 Å². The van der Waals surface area contributed by atoms with Crippen LogP contribution in [0.15, 0.2) is 60.7 Å². The molecule has 2 N–H and O–H groups in total. The Bertz CT molecular complexity index is 1590. The number of rotatable bonds is 5. The predicted molar refractivity (Wildman–Crippen MR) is 157 cm³/mol. The molecule has 41 heavy (non-hydrogen) atoms. The summed E-state index contributed by atoms with van der Waals surface area (Å²) in [6.45, 7) is 6.61. The molecule has 1 aliphatic carbocycles. The van der Waals surface area contributed by atoms with E-state index in [1.54, 1.807) is 12.1 Å². The molecule has 0 bridgehead atoms. The van der Waals surface area contributed by atoms with Crippen LogP contribution in [-0.2, 0) is 27.0 Å². The molecule has 1 atom stereocenters. The summed E-state index contributed by atoms with van der Waals surface area (Å²) in [5, 5.41) is 15.0. The van der Waals surface area contributed by atoms with Gasteiger partial charge in [-0.1, -0.05) is 61.6 Å². The number of carbonyl (C=O) groups is 2. The van der Waals surface area contributed by atoms with Crippen molar-refractivity contribution in [2.24, 2.45) is 0 Å². The van der Waals surface area contributed by atoms with E-state index >= 15 is 0 Å². The Morgan fingerprint density at radius 2 is 1.83 bits per heavy atom. The molecule has 3 aliphatic rings. The van der Waals surface area contributed by atoms with Gasteiger partial charge < -0.3 is 19.9 Å². The van der Waals surface area contributed by atoms with Crippen molar-refractivity contribution in [1.29, 1.82) is 0 Å². The Kier molecular flexibility index (Phi) is 6.66. The number of para-hydroxylation sites is 1. The van der Waals surface area contributed by atoms with E-state index in [0.717, 1.165) is 60.1 Å². The number of ether oxygens (including phenoxy) is 2. The van der Waals surface area contributed by atoms with E-state index in [-0.39, 0.29) is 12.4 Å². The topological polar surface area (TPSA) is 84.9 Å². The Balaban J connectivity index is 1.34. The van der Waals surface area contributed by atoms with Gasteiger partial charge in [0.15, 0.2) is 0 Å². The van der Waals surface area contributed by atoms with E-state index in [4.69, 9.17) is 9.47 Å². The normalized spacial score (nSPS) is 18.0. The number of fused-ring (bicyclic) bond motifs is 3. The number of hydrogen-bond acceptors (Lipinski definition) is 5. The predicted octanol–water partition coefficient (Wildman–Crippen LogP) is 5.96. The quantitative estimate of drug-likeness (QED) is 0.303. The molecule has 2 aliphatic heterocycles. The van der Waals surface area contributed by atoms with Crippen molar-refractivity contribution in [2.75, 3.05) is 11.9 Å². The fourth-order valence-electron chi connectivity index (χ4n) is 6.49. The fourth-order valence-corrected chi connectivity index (χ4v) is 6.49. The van der Waals surface area contributed by atoms with Crippen LogP contribution in [0, 0.1) is 18.8 Å². The number of aliphatic hydroxyl groups is 1. The lowest BCUT2D eigenvalue weighted by Crippen LogP contribution is -2.46. The highest BCUT2D eigenvalue weighted by molar-refractivity contribution is 6.01. The summed E-state index contributed by atoms with van der Waals surface area (Å²) in [6, 6.07) is 18.9. The van der Waals surface area contributed by atoms with Gasteiger partial charge in [0.2, 0.25) is 5.60 Å². The number of anilines is 1. The number of nitrogens with one attached hydrogen (secondary N) is 1. The summed E-state index contributed by atoms with van der Waals surface area (Å²) in [5.74, 6) is 5.85. The standard InChI is InChI=1S/C35H35NO5/c1-23-9-11-24(12-10-23)15-19-34(39,22-33(2,3)28-8-6-7-25-16-20-40-30(25)28)32(38)36-26-13-14-27-29(21-26)35(41-31(27)37)17-4-5-18-35/h6-14,21,39H,4-5,16-18,20,22H2,1-3H3,(H,36,38). The summed E-state index contributed by atoms with van der Waals surface area (Å²) in [7, 11) is 0. The zero-order valence-electron chi connectivity index (χ0n) is 23.8. The molecular formula is C35H35NO5. The molecular weight excluding hydrogens is 514 g/mol. The molecule has 0 saturated heterocycles. The first kappa shape index (κ1) is 27.1. The second-order valence-corrected chi connectivity index (χ2v) is 12.2. The SMILES string of the molecule is Cc1ccc(C#CC(O)(CC(C)(C)c2cccc3c2OCC3)C(=O)Nc2ccc3c(c2)C2(CCCC2)OC3=O)cc1. The minimum atomic E-state index is -2.02. The summed E-state index contributed by atoms with van der Waals surface area (Å²) in [4.78, 5) is 26.5. The Morgan fingerprint density at radius 3 is 2.59 bits per heavy atom. The zero-order chi connectivity index (χ0) is 28.8. The van der Waals surface area contributed by atoms with Crippen LogP contribution < -0.4 is 10.1 Å². The second kappa shape index (κ2) is 10.1. The molecule has 6 nitrogen and oxygen atoms in total. The van der Waals surface area contributed by atoms with Crippen molar-refractivity contribution < 1.29 is 24.2 Å². The van der Waals surface area contributed by atoms with Crippen LogP contribution in [0.3, 0.4) is 0 Å². The maximum atomic E-state index is 13.9. The molecule has 1 unspecified atom stereocenters. The molecule has 1 amide bonds. The largest absolute Gasteiger partial charge is 0.493 e. The summed E-state index contributed by atoms with van der Waals surface area (Å²) in [6.07, 6.45) is 4.39. The van der Waals surface area contributed by atoms with Crippen LogP contribution >= 0.6 is 0 Å². The van der Waals surface area contributed by atoms with Crippen LogP contribution in [0.25, 0.3) is 0 Å². The van der Waals surface area contributed by atoms with Gasteiger partial charge in [-0.3, -0.25) is 4.79 Å². The summed E-state index contributed by atoms with van der Waals surface area (Å²) < 4.78 is 11.8. The number of carbonyl (C=O) groups excluding carboxylic acids is 2. The van der Waals surface area contributed by atoms with E-state index in [1.165, 1.54) is 0 Å². The van der Waals surface area contributed by atoms with E-state index in [0.29, 0.717) is 23.4 Å². The lowest BCUT2D eigenvalue weighted by Gasteiger charge is -2.33. The van der Waals surface area contributed by atoms with Gasteiger partial charge in [0.25, 0.3) is 5.91 Å². The van der Waals surface area contributed by atoms with Crippen LogP contribution in [0.4, 0.5) is 5.69 Å². The van der Waals surface area contributed by atoms with Crippen molar-refractivity contribution in [2.45, 2.75) is 75.9 Å². The molecule has 3 aromatic carbocycles. The van der Waals surface area contributed by atoms with E-state index < -0.39 is 22.5 Å². The number of aryl methyl sites for hydroxylation is 1. The van der Waals surface area contributed by atoms with E-state index in [9.17, 15) is 14.7 Å². The fraction of sp³-hybridized carbons (Fsp3) is 0.371. The zero-order valence-corrected chi connectivity index (χ0v) is 23.8. The van der Waals surface area contributed by atoms with Crippen LogP contribution in [0.1, 0.15) is 84.1 Å². The highest BCUT2D eigenvalue weighted by Crippen LogP contribution is 2.49. The first-order valence-corrected chi connectivity index (χ1v) is 14.4. The Morgan fingerprint density at radius 1 is 1.07 bits per heavy atom. The maximum absolute atomic E-state index is 13.9. The van der Waals surface area contributed by atoms with Crippen molar-refractivity contribution >= 4 is 17.6 Å². The van der Waals surface area contributed by atoms with Gasteiger partial charge in [0, 0.05) is 35.2 Å². The molecule has 0 radical (unpaired) electrons. The average molecular weight is 550 g/mol. The van der Waals surface area contributed by atoms with E-state index in [2.05, 4.69) is 23.2 Å². The van der Waals surface area contributed by atoms with Crippen molar-refractivity contribution in [3.63, 3.8) is 0 Å². The lowest BCUT2D eigenvalue weighted by atomic mass is 9.74. The summed E-state index contributed by atoms with van der Waals surface area (Å²) >= 11 is 0. The maximum Gasteiger partial charge on any atom is 0.339 e. The molecule has 210 valence electrons. The smallest absolute Gasteiger partial charge is 0.339 e. The number of benzene rings is 3. The monoisotopic (exact) mass is 549 g/mol. The first-order chi connectivity index (χ1) is 19.6. The van der Waals surface area contributed by atoms with Gasteiger partial charge in [-0.15, -0.1) is 0 Å². The molecule has 1 fully saturated rings. The molecule has 1 saturated carbocycles. The Labute approximate surface area is 241 Å². The molecule has 1 spiro atoms. The molecule has 0 aromatic heterocycles. The van der Waals surface area contributed by atoms with E-state index in [1.807, 2.05) is 63.2 Å². The van der Waals surface area contributed by atoms with Gasteiger partial charge >= 0.3 is 5.97 Å². The first-order valence-electron chi connectivity index (χ1n) is 14.4. The minimum absolute atomic E-state index is 0.0426. The van der Waals surface area contributed by atoms with Crippen LogP contribution in [0.2, 0.25) is 0 Å². The molecule has 2 heterocycles. The average Bonchev–Trinajstić information content (AvgIpc) is 3.68. The number of esters is 1. The van der Waals surface area contributed by atoms with Gasteiger partial charge in [-0.25, -0.2) is 4.79 Å². The molecule has 6 heteroatoms.